The highest BCUT2D eigenvalue weighted by Gasteiger charge is 2.12. The molecule has 0 aliphatic rings. The molecule has 6 heteroatoms. The first-order valence-electron chi connectivity index (χ1n) is 6.27. The van der Waals surface area contributed by atoms with Crippen LogP contribution in [0, 0.1) is 0 Å². The smallest absolute Gasteiger partial charge is 0.237 e. The largest absolute Gasteiger partial charge is 0.497 e. The minimum Gasteiger partial charge on any atom is -0.497 e. The van der Waals surface area contributed by atoms with E-state index in [1.165, 1.54) is 0 Å². The lowest BCUT2D eigenvalue weighted by Crippen LogP contribution is -2.19. The summed E-state index contributed by atoms with van der Waals surface area (Å²) in [6, 6.07) is 13.7. The fourth-order valence-corrected chi connectivity index (χ4v) is 2.78. The van der Waals surface area contributed by atoms with Crippen LogP contribution >= 0.6 is 0 Å². The van der Waals surface area contributed by atoms with Crippen molar-refractivity contribution in [1.82, 2.24) is 0 Å². The predicted molar refractivity (Wildman–Crippen MR) is 83.8 cm³/mol. The number of carbonyl (C=O) groups excluding carboxylic acids is 1. The molecule has 0 fully saturated rings. The molecule has 5 nitrogen and oxygen atoms in total. The number of nitrogen functional groups attached to an aromatic ring is 1. The van der Waals surface area contributed by atoms with Gasteiger partial charge in [-0.3, -0.25) is 9.00 Å². The number of ether oxygens (including phenoxy) is 1. The van der Waals surface area contributed by atoms with Crippen LogP contribution in [0.1, 0.15) is 0 Å². The summed E-state index contributed by atoms with van der Waals surface area (Å²) in [7, 11) is 0.104. The third-order valence-corrected chi connectivity index (χ3v) is 4.19. The number of amides is 1. The van der Waals surface area contributed by atoms with Crippen LogP contribution in [0.3, 0.4) is 0 Å². The fraction of sp³-hybridized carbons (Fsp3) is 0.133. The Hall–Kier alpha value is -2.34. The number of methoxy groups -OCH3 is 1. The fourth-order valence-electron chi connectivity index (χ4n) is 1.76. The average Bonchev–Trinajstić information content (AvgIpc) is 2.48. The second-order valence-corrected chi connectivity index (χ2v) is 5.72. The molecule has 110 valence electrons. The molecule has 1 unspecified atom stereocenters. The van der Waals surface area contributed by atoms with Gasteiger partial charge in [0.15, 0.2) is 0 Å². The summed E-state index contributed by atoms with van der Waals surface area (Å²) in [6.45, 7) is 0. The van der Waals surface area contributed by atoms with E-state index in [9.17, 15) is 9.00 Å². The Kier molecular flexibility index (Phi) is 4.94. The number of para-hydroxylation sites is 1. The Labute approximate surface area is 125 Å². The Morgan fingerprint density at radius 1 is 1.19 bits per heavy atom. The minimum absolute atomic E-state index is 0.139. The number of hydrogen-bond acceptors (Lipinski definition) is 4. The van der Waals surface area contributed by atoms with E-state index in [-0.39, 0.29) is 11.7 Å². The van der Waals surface area contributed by atoms with Gasteiger partial charge in [-0.1, -0.05) is 12.1 Å². The summed E-state index contributed by atoms with van der Waals surface area (Å²) in [5.41, 5.74) is 6.79. The maximum absolute atomic E-state index is 12.1. The van der Waals surface area contributed by atoms with Gasteiger partial charge in [0.05, 0.1) is 22.8 Å². The van der Waals surface area contributed by atoms with Crippen molar-refractivity contribution in [1.29, 1.82) is 0 Å². The molecule has 2 aromatic carbocycles. The average molecular weight is 304 g/mol. The van der Waals surface area contributed by atoms with Crippen LogP contribution < -0.4 is 15.8 Å². The molecule has 0 heterocycles. The summed E-state index contributed by atoms with van der Waals surface area (Å²) in [5.74, 6) is 0.232. The topological polar surface area (TPSA) is 81.4 Å². The van der Waals surface area contributed by atoms with Gasteiger partial charge in [-0.25, -0.2) is 0 Å². The van der Waals surface area contributed by atoms with Gasteiger partial charge in [0.1, 0.15) is 11.5 Å². The highest BCUT2D eigenvalue weighted by atomic mass is 32.2. The van der Waals surface area contributed by atoms with E-state index in [1.807, 2.05) is 0 Å². The zero-order valence-corrected chi connectivity index (χ0v) is 12.4. The first-order valence-corrected chi connectivity index (χ1v) is 7.59. The van der Waals surface area contributed by atoms with Crippen molar-refractivity contribution in [3.63, 3.8) is 0 Å². The standard InChI is InChI=1S/C15H16N2O3S/c1-20-12-8-6-11(7-9-12)17-15(18)10-21(19)14-5-3-2-4-13(14)16/h2-9H,10,16H2,1H3,(H,17,18). The first-order chi connectivity index (χ1) is 10.1. The lowest BCUT2D eigenvalue weighted by atomic mass is 10.3. The molecule has 0 radical (unpaired) electrons. The third-order valence-electron chi connectivity index (χ3n) is 2.80. The quantitative estimate of drug-likeness (QED) is 0.828. The molecule has 2 rings (SSSR count). The highest BCUT2D eigenvalue weighted by Crippen LogP contribution is 2.17. The number of carbonyl (C=O) groups is 1. The summed E-state index contributed by atoms with van der Waals surface area (Å²) < 4.78 is 17.2. The van der Waals surface area contributed by atoms with Crippen LogP contribution in [0.15, 0.2) is 53.4 Å². The van der Waals surface area contributed by atoms with E-state index >= 15 is 0 Å². The van der Waals surface area contributed by atoms with Crippen LogP contribution in [0.5, 0.6) is 5.75 Å². The van der Waals surface area contributed by atoms with Crippen LogP contribution in [0.2, 0.25) is 0 Å². The van der Waals surface area contributed by atoms with Crippen molar-refractivity contribution in [2.24, 2.45) is 0 Å². The zero-order chi connectivity index (χ0) is 15.2. The SMILES string of the molecule is COc1ccc(NC(=O)CS(=O)c2ccccc2N)cc1. The lowest BCUT2D eigenvalue weighted by molar-refractivity contribution is -0.113. The van der Waals surface area contributed by atoms with Gasteiger partial charge in [0.2, 0.25) is 5.91 Å². The van der Waals surface area contributed by atoms with E-state index in [0.717, 1.165) is 0 Å². The van der Waals surface area contributed by atoms with Crippen LogP contribution in [-0.2, 0) is 15.6 Å². The second kappa shape index (κ2) is 6.90. The molecule has 0 saturated heterocycles. The molecule has 0 bridgehead atoms. The monoisotopic (exact) mass is 304 g/mol. The summed E-state index contributed by atoms with van der Waals surface area (Å²) in [6.07, 6.45) is 0. The van der Waals surface area contributed by atoms with E-state index < -0.39 is 10.8 Å². The van der Waals surface area contributed by atoms with Crippen LogP contribution in [0.4, 0.5) is 11.4 Å². The second-order valence-electron chi connectivity index (χ2n) is 4.30. The molecule has 0 aromatic heterocycles. The van der Waals surface area contributed by atoms with Crippen molar-refractivity contribution in [2.45, 2.75) is 4.90 Å². The molecule has 0 saturated carbocycles. The van der Waals surface area contributed by atoms with Crippen molar-refractivity contribution < 1.29 is 13.7 Å². The maximum atomic E-state index is 12.1. The van der Waals surface area contributed by atoms with Gasteiger partial charge in [-0.15, -0.1) is 0 Å². The van der Waals surface area contributed by atoms with Gasteiger partial charge in [-0.05, 0) is 36.4 Å². The summed E-state index contributed by atoms with van der Waals surface area (Å²) >= 11 is 0. The lowest BCUT2D eigenvalue weighted by Gasteiger charge is -2.07. The van der Waals surface area contributed by atoms with Crippen LogP contribution in [-0.4, -0.2) is 23.0 Å². The Balaban J connectivity index is 1.98. The molecule has 0 spiro atoms. The molecule has 1 atom stereocenters. The highest BCUT2D eigenvalue weighted by molar-refractivity contribution is 7.86. The van der Waals surface area contributed by atoms with Gasteiger partial charge in [-0.2, -0.15) is 0 Å². The van der Waals surface area contributed by atoms with E-state index in [2.05, 4.69) is 5.32 Å². The molecule has 3 N–H and O–H groups in total. The number of rotatable bonds is 5. The van der Waals surface area contributed by atoms with Gasteiger partial charge >= 0.3 is 0 Å². The number of hydrogen-bond donors (Lipinski definition) is 2. The number of nitrogens with one attached hydrogen (secondary N) is 1. The van der Waals surface area contributed by atoms with E-state index in [0.29, 0.717) is 22.0 Å². The molecule has 0 aliphatic heterocycles. The number of nitrogens with two attached hydrogens (primary N) is 1. The molecular weight excluding hydrogens is 288 g/mol. The Morgan fingerprint density at radius 3 is 2.48 bits per heavy atom. The molecule has 1 amide bonds. The zero-order valence-electron chi connectivity index (χ0n) is 11.5. The van der Waals surface area contributed by atoms with Crippen LogP contribution in [0.25, 0.3) is 0 Å². The summed E-state index contributed by atoms with van der Waals surface area (Å²) in [4.78, 5) is 12.4. The van der Waals surface area contributed by atoms with Crippen molar-refractivity contribution in [2.75, 3.05) is 23.9 Å². The van der Waals surface area contributed by atoms with E-state index in [1.54, 1.807) is 55.6 Å². The van der Waals surface area contributed by atoms with Gasteiger partial charge in [0.25, 0.3) is 0 Å². The molecule has 2 aromatic rings. The summed E-state index contributed by atoms with van der Waals surface area (Å²) in [5, 5.41) is 2.68. The first kappa shape index (κ1) is 15.1. The van der Waals surface area contributed by atoms with Crippen molar-refractivity contribution in [3.05, 3.63) is 48.5 Å². The number of benzene rings is 2. The maximum Gasteiger partial charge on any atom is 0.237 e. The Bertz CT molecular complexity index is 656. The normalized spacial score (nSPS) is 11.7. The predicted octanol–water partition coefficient (Wildman–Crippen LogP) is 2.02. The number of anilines is 2. The van der Waals surface area contributed by atoms with Gasteiger partial charge < -0.3 is 15.8 Å². The molecular formula is C15H16N2O3S. The van der Waals surface area contributed by atoms with Crippen molar-refractivity contribution >= 4 is 28.1 Å². The Morgan fingerprint density at radius 2 is 1.86 bits per heavy atom. The van der Waals surface area contributed by atoms with Crippen molar-refractivity contribution in [3.8, 4) is 5.75 Å². The van der Waals surface area contributed by atoms with E-state index in [4.69, 9.17) is 10.5 Å². The van der Waals surface area contributed by atoms with Gasteiger partial charge in [0, 0.05) is 11.4 Å². The third kappa shape index (κ3) is 4.06. The molecule has 0 aliphatic carbocycles. The minimum atomic E-state index is -1.47. The molecule has 21 heavy (non-hydrogen) atoms.